The lowest BCUT2D eigenvalue weighted by Gasteiger charge is -2.18. The SMILES string of the molecule is COc1ccc(-c2csc(NC(=O)CN3CCc4cc(S(N)(=O)=O)ccc43)n2)c(OC)c1. The summed E-state index contributed by atoms with van der Waals surface area (Å²) in [7, 11) is -0.593. The van der Waals surface area contributed by atoms with Crippen molar-refractivity contribution in [2.45, 2.75) is 11.3 Å². The van der Waals surface area contributed by atoms with E-state index in [1.165, 1.54) is 17.4 Å². The van der Waals surface area contributed by atoms with Gasteiger partial charge in [0.25, 0.3) is 0 Å². The number of carbonyl (C=O) groups is 1. The minimum Gasteiger partial charge on any atom is -0.497 e. The second-order valence-electron chi connectivity index (χ2n) is 7.16. The number of sulfonamides is 1. The van der Waals surface area contributed by atoms with E-state index < -0.39 is 10.0 Å². The van der Waals surface area contributed by atoms with Crippen molar-refractivity contribution in [2.24, 2.45) is 5.14 Å². The zero-order valence-electron chi connectivity index (χ0n) is 17.5. The number of ether oxygens (including phenoxy) is 2. The molecule has 0 aliphatic carbocycles. The van der Waals surface area contributed by atoms with Crippen LogP contribution in [-0.2, 0) is 21.2 Å². The Morgan fingerprint density at radius 3 is 2.75 bits per heavy atom. The molecule has 168 valence electrons. The smallest absolute Gasteiger partial charge is 0.245 e. The molecule has 11 heteroatoms. The maximum atomic E-state index is 12.6. The summed E-state index contributed by atoms with van der Waals surface area (Å²) in [4.78, 5) is 19.1. The number of aromatic nitrogens is 1. The molecule has 0 saturated carbocycles. The van der Waals surface area contributed by atoms with E-state index in [2.05, 4.69) is 10.3 Å². The Kier molecular flexibility index (Phi) is 6.04. The second-order valence-corrected chi connectivity index (χ2v) is 9.58. The van der Waals surface area contributed by atoms with Gasteiger partial charge in [0.2, 0.25) is 15.9 Å². The first kappa shape index (κ1) is 22.1. The number of hydrogen-bond acceptors (Lipinski definition) is 8. The first-order valence-electron chi connectivity index (χ1n) is 9.67. The molecule has 32 heavy (non-hydrogen) atoms. The van der Waals surface area contributed by atoms with Crippen LogP contribution in [0.1, 0.15) is 5.56 Å². The van der Waals surface area contributed by atoms with E-state index in [1.807, 2.05) is 22.4 Å². The Hall–Kier alpha value is -3.15. The molecule has 0 fully saturated rings. The molecule has 0 spiro atoms. The summed E-state index contributed by atoms with van der Waals surface area (Å²) >= 11 is 1.32. The van der Waals surface area contributed by atoms with Gasteiger partial charge in [-0.25, -0.2) is 18.5 Å². The molecule has 1 aliphatic rings. The zero-order chi connectivity index (χ0) is 22.9. The Bertz CT molecular complexity index is 1270. The fourth-order valence-electron chi connectivity index (χ4n) is 3.58. The van der Waals surface area contributed by atoms with E-state index in [0.29, 0.717) is 35.3 Å². The predicted molar refractivity (Wildman–Crippen MR) is 123 cm³/mol. The van der Waals surface area contributed by atoms with Gasteiger partial charge in [0.15, 0.2) is 5.13 Å². The van der Waals surface area contributed by atoms with E-state index in [0.717, 1.165) is 16.8 Å². The molecule has 0 atom stereocenters. The number of hydrogen-bond donors (Lipinski definition) is 2. The van der Waals surface area contributed by atoms with Crippen molar-refractivity contribution in [3.05, 3.63) is 47.3 Å². The lowest BCUT2D eigenvalue weighted by molar-refractivity contribution is -0.115. The van der Waals surface area contributed by atoms with Crippen molar-refractivity contribution in [3.63, 3.8) is 0 Å². The molecule has 9 nitrogen and oxygen atoms in total. The average Bonchev–Trinajstić information content (AvgIpc) is 3.39. The number of rotatable bonds is 7. The summed E-state index contributed by atoms with van der Waals surface area (Å²) in [6.45, 7) is 0.742. The molecule has 3 N–H and O–H groups in total. The standard InChI is InChI=1S/C21H22N4O5S2/c1-29-14-3-5-16(19(10-14)30-2)17-12-31-21(23-17)24-20(26)11-25-8-7-13-9-15(32(22,27)28)4-6-18(13)25/h3-6,9-10,12H,7-8,11H2,1-2H3,(H2,22,27,28)(H,23,24,26). The molecule has 4 rings (SSSR count). The first-order chi connectivity index (χ1) is 15.3. The average molecular weight is 475 g/mol. The number of thiazole rings is 1. The van der Waals surface area contributed by atoms with Gasteiger partial charge >= 0.3 is 0 Å². The number of methoxy groups -OCH3 is 2. The second kappa shape index (κ2) is 8.77. The number of nitrogens with two attached hydrogens (primary N) is 1. The Balaban J connectivity index is 1.44. The van der Waals surface area contributed by atoms with Crippen molar-refractivity contribution in [2.75, 3.05) is 37.5 Å². The summed E-state index contributed by atoms with van der Waals surface area (Å²) in [5.41, 5.74) is 3.17. The molecule has 1 amide bonds. The topological polar surface area (TPSA) is 124 Å². The minimum absolute atomic E-state index is 0.0758. The van der Waals surface area contributed by atoms with Crippen molar-refractivity contribution in [3.8, 4) is 22.8 Å². The van der Waals surface area contributed by atoms with Crippen LogP contribution in [0.15, 0.2) is 46.7 Å². The van der Waals surface area contributed by atoms with Crippen LogP contribution < -0.4 is 24.8 Å². The van der Waals surface area contributed by atoms with E-state index in [-0.39, 0.29) is 17.3 Å². The third kappa shape index (κ3) is 4.54. The van der Waals surface area contributed by atoms with Gasteiger partial charge in [0.05, 0.1) is 31.4 Å². The van der Waals surface area contributed by atoms with Gasteiger partial charge in [-0.1, -0.05) is 0 Å². The third-order valence-electron chi connectivity index (χ3n) is 5.14. The van der Waals surface area contributed by atoms with Gasteiger partial charge in [-0.2, -0.15) is 0 Å². The molecule has 1 aliphatic heterocycles. The quantitative estimate of drug-likeness (QED) is 0.539. The summed E-state index contributed by atoms with van der Waals surface area (Å²) in [6, 6.07) is 10.2. The minimum atomic E-state index is -3.76. The lowest BCUT2D eigenvalue weighted by atomic mass is 10.1. The van der Waals surface area contributed by atoms with Gasteiger partial charge in [0.1, 0.15) is 11.5 Å². The molecule has 2 heterocycles. The van der Waals surface area contributed by atoms with Crippen molar-refractivity contribution in [1.82, 2.24) is 4.98 Å². The molecule has 0 bridgehead atoms. The number of benzene rings is 2. The molecule has 3 aromatic rings. The molecular weight excluding hydrogens is 452 g/mol. The third-order valence-corrected chi connectivity index (χ3v) is 6.81. The highest BCUT2D eigenvalue weighted by molar-refractivity contribution is 7.89. The van der Waals surface area contributed by atoms with Crippen LogP contribution in [0.25, 0.3) is 11.3 Å². The first-order valence-corrected chi connectivity index (χ1v) is 12.1. The van der Waals surface area contributed by atoms with Crippen LogP contribution in [0, 0.1) is 0 Å². The van der Waals surface area contributed by atoms with Gasteiger partial charge in [-0.15, -0.1) is 11.3 Å². The van der Waals surface area contributed by atoms with Crippen molar-refractivity contribution < 1.29 is 22.7 Å². The molecule has 0 saturated heterocycles. The van der Waals surface area contributed by atoms with Crippen molar-refractivity contribution in [1.29, 1.82) is 0 Å². The maximum Gasteiger partial charge on any atom is 0.245 e. The number of primary sulfonamides is 1. The van der Waals surface area contributed by atoms with Gasteiger partial charge in [-0.3, -0.25) is 4.79 Å². The normalized spacial score (nSPS) is 13.0. The monoisotopic (exact) mass is 474 g/mol. The molecule has 2 aromatic carbocycles. The number of nitrogens with zero attached hydrogens (tertiary/aromatic N) is 2. The van der Waals surface area contributed by atoms with Crippen LogP contribution in [-0.4, -0.2) is 46.6 Å². The fourth-order valence-corrected chi connectivity index (χ4v) is 4.88. The summed E-state index contributed by atoms with van der Waals surface area (Å²) in [5.74, 6) is 1.09. The summed E-state index contributed by atoms with van der Waals surface area (Å²) in [5, 5.41) is 10.4. The fraction of sp³-hybridized carbons (Fsp3) is 0.238. The number of fused-ring (bicyclic) bond motifs is 1. The Morgan fingerprint density at radius 2 is 2.03 bits per heavy atom. The highest BCUT2D eigenvalue weighted by atomic mass is 32.2. The number of nitrogens with one attached hydrogen (secondary N) is 1. The highest BCUT2D eigenvalue weighted by Gasteiger charge is 2.23. The van der Waals surface area contributed by atoms with Gasteiger partial charge < -0.3 is 19.7 Å². The zero-order valence-corrected chi connectivity index (χ0v) is 19.1. The number of amides is 1. The largest absolute Gasteiger partial charge is 0.497 e. The van der Waals surface area contributed by atoms with Crippen LogP contribution in [0.5, 0.6) is 11.5 Å². The molecule has 0 unspecified atom stereocenters. The Morgan fingerprint density at radius 1 is 1.22 bits per heavy atom. The summed E-state index contributed by atoms with van der Waals surface area (Å²) in [6.07, 6.45) is 0.643. The predicted octanol–water partition coefficient (Wildman–Crippen LogP) is 2.48. The van der Waals surface area contributed by atoms with Crippen LogP contribution in [0.4, 0.5) is 10.8 Å². The van der Waals surface area contributed by atoms with Gasteiger partial charge in [-0.05, 0) is 42.3 Å². The van der Waals surface area contributed by atoms with Crippen LogP contribution >= 0.6 is 11.3 Å². The number of anilines is 2. The Labute approximate surface area is 189 Å². The van der Waals surface area contributed by atoms with Crippen LogP contribution in [0.2, 0.25) is 0 Å². The highest BCUT2D eigenvalue weighted by Crippen LogP contribution is 2.35. The number of carbonyl (C=O) groups excluding carboxylic acids is 1. The van der Waals surface area contributed by atoms with Gasteiger partial charge in [0, 0.05) is 29.2 Å². The molecular formula is C21H22N4O5S2. The lowest BCUT2D eigenvalue weighted by Crippen LogP contribution is -2.31. The summed E-state index contributed by atoms with van der Waals surface area (Å²) < 4.78 is 33.8. The van der Waals surface area contributed by atoms with Crippen molar-refractivity contribution >= 4 is 38.1 Å². The van der Waals surface area contributed by atoms with E-state index >= 15 is 0 Å². The maximum absolute atomic E-state index is 12.6. The van der Waals surface area contributed by atoms with E-state index in [1.54, 1.807) is 32.4 Å². The van der Waals surface area contributed by atoms with Crippen LogP contribution in [0.3, 0.4) is 0 Å². The van der Waals surface area contributed by atoms with E-state index in [9.17, 15) is 13.2 Å². The molecule has 0 radical (unpaired) electrons. The molecule has 1 aromatic heterocycles. The van der Waals surface area contributed by atoms with E-state index in [4.69, 9.17) is 14.6 Å².